The zero-order valence-corrected chi connectivity index (χ0v) is 30.0. The van der Waals surface area contributed by atoms with E-state index in [-0.39, 0.29) is 30.6 Å². The minimum atomic E-state index is -0.883. The van der Waals surface area contributed by atoms with Crippen molar-refractivity contribution >= 4 is 17.5 Å². The van der Waals surface area contributed by atoms with Crippen molar-refractivity contribution in [1.82, 2.24) is 15.2 Å². The van der Waals surface area contributed by atoms with Crippen molar-refractivity contribution in [1.29, 1.82) is 0 Å². The van der Waals surface area contributed by atoms with Crippen molar-refractivity contribution in [3.8, 4) is 11.1 Å². The molecule has 7 rings (SSSR count). The van der Waals surface area contributed by atoms with Gasteiger partial charge in [0.15, 0.2) is 6.29 Å². The van der Waals surface area contributed by atoms with E-state index in [0.29, 0.717) is 36.5 Å². The number of benzene rings is 4. The van der Waals surface area contributed by atoms with Gasteiger partial charge in [-0.05, 0) is 82.6 Å². The number of carbonyl (C=O) groups is 1. The lowest BCUT2D eigenvalue weighted by Crippen LogP contribution is -2.49. The van der Waals surface area contributed by atoms with Gasteiger partial charge in [0.2, 0.25) is 0 Å². The molecule has 52 heavy (non-hydrogen) atoms. The molecule has 9 heteroatoms. The van der Waals surface area contributed by atoms with E-state index in [2.05, 4.69) is 46.4 Å². The van der Waals surface area contributed by atoms with Crippen molar-refractivity contribution < 1.29 is 24.5 Å². The Morgan fingerprint density at radius 2 is 1.62 bits per heavy atom. The number of rotatable bonds is 10. The summed E-state index contributed by atoms with van der Waals surface area (Å²) in [5.74, 6) is -0.131. The molecule has 0 spiro atoms. The van der Waals surface area contributed by atoms with Crippen LogP contribution in [0.5, 0.6) is 0 Å². The smallest absolute Gasteiger partial charge is 0.253 e. The summed E-state index contributed by atoms with van der Waals surface area (Å²) < 4.78 is 13.6. The topological polar surface area (TPSA) is 104 Å². The second-order valence-corrected chi connectivity index (χ2v) is 14.3. The van der Waals surface area contributed by atoms with Gasteiger partial charge >= 0.3 is 0 Å². The molecule has 0 aliphatic carbocycles. The van der Waals surface area contributed by atoms with Crippen LogP contribution in [0.4, 0.5) is 0 Å². The number of aliphatic hydroxyl groups excluding tert-OH is 1. The van der Waals surface area contributed by atoms with Gasteiger partial charge in [0.05, 0.1) is 30.0 Å². The standard InChI is InChI=1S/C43H44ClN3O5/c1-29-39(27-47-21-18-43(50,19-22-47)37-14-16-38(44)17-15-37)51-42(52-40(29)32-12-10-30(28-48)11-13-32)35-8-3-7-34(24-35)33-6-2-5-31(23-33)25-46-41(49)36-9-4-20-45-26-36/h2-17,20,23-24,26,29,39-40,42,48,50H,18-19,21-22,25,27-28H2,1H3,(H,46,49). The predicted octanol–water partition coefficient (Wildman–Crippen LogP) is 7.60. The maximum Gasteiger partial charge on any atom is 0.253 e. The van der Waals surface area contributed by atoms with E-state index < -0.39 is 11.9 Å². The summed E-state index contributed by atoms with van der Waals surface area (Å²) in [5.41, 5.74) is 6.36. The van der Waals surface area contributed by atoms with Gasteiger partial charge in [0.1, 0.15) is 0 Å². The van der Waals surface area contributed by atoms with Gasteiger partial charge in [0.25, 0.3) is 5.91 Å². The van der Waals surface area contributed by atoms with Gasteiger partial charge in [-0.2, -0.15) is 0 Å². The number of nitrogens with one attached hydrogen (secondary N) is 1. The molecule has 5 aromatic rings. The first kappa shape index (κ1) is 36.0. The van der Waals surface area contributed by atoms with Crippen molar-refractivity contribution in [2.24, 2.45) is 5.92 Å². The summed E-state index contributed by atoms with van der Waals surface area (Å²) in [7, 11) is 0. The average molecular weight is 718 g/mol. The lowest BCUT2D eigenvalue weighted by Gasteiger charge is -2.45. The number of hydrogen-bond acceptors (Lipinski definition) is 7. The Hall–Kier alpha value is -4.41. The number of pyridine rings is 1. The molecule has 2 saturated heterocycles. The third-order valence-electron chi connectivity index (χ3n) is 10.4. The molecule has 2 aliphatic heterocycles. The number of carbonyl (C=O) groups excluding carboxylic acids is 1. The van der Waals surface area contributed by atoms with Crippen LogP contribution >= 0.6 is 11.6 Å². The van der Waals surface area contributed by atoms with E-state index in [1.54, 1.807) is 24.5 Å². The summed E-state index contributed by atoms with van der Waals surface area (Å²) in [6, 6.07) is 35.4. The summed E-state index contributed by atoms with van der Waals surface area (Å²) in [5, 5.41) is 24.8. The molecule has 2 aliphatic rings. The van der Waals surface area contributed by atoms with Crippen LogP contribution in [0.25, 0.3) is 11.1 Å². The Morgan fingerprint density at radius 3 is 2.33 bits per heavy atom. The first-order valence-electron chi connectivity index (χ1n) is 17.9. The Balaban J connectivity index is 1.09. The first-order chi connectivity index (χ1) is 25.3. The first-order valence-corrected chi connectivity index (χ1v) is 18.2. The Morgan fingerprint density at radius 1 is 0.885 bits per heavy atom. The minimum Gasteiger partial charge on any atom is -0.392 e. The molecule has 0 radical (unpaired) electrons. The Bertz CT molecular complexity index is 1950. The largest absolute Gasteiger partial charge is 0.392 e. The molecular weight excluding hydrogens is 674 g/mol. The summed E-state index contributed by atoms with van der Waals surface area (Å²) in [4.78, 5) is 19.0. The third kappa shape index (κ3) is 8.29. The number of likely N-dealkylation sites (tertiary alicyclic amines) is 1. The summed E-state index contributed by atoms with van der Waals surface area (Å²) >= 11 is 6.11. The molecule has 2 fully saturated rings. The molecule has 4 atom stereocenters. The number of ether oxygens (including phenoxy) is 2. The van der Waals surface area contributed by atoms with Gasteiger partial charge in [-0.15, -0.1) is 0 Å². The molecule has 4 unspecified atom stereocenters. The highest BCUT2D eigenvalue weighted by Gasteiger charge is 2.41. The molecule has 3 N–H and O–H groups in total. The number of piperidine rings is 1. The zero-order valence-electron chi connectivity index (χ0n) is 29.2. The van der Waals surface area contributed by atoms with Crippen molar-refractivity contribution in [2.45, 2.75) is 57.0 Å². The number of halogens is 1. The van der Waals surface area contributed by atoms with Crippen LogP contribution in [-0.2, 0) is 28.2 Å². The van der Waals surface area contributed by atoms with Gasteiger partial charge in [-0.3, -0.25) is 9.78 Å². The van der Waals surface area contributed by atoms with E-state index in [0.717, 1.165) is 52.0 Å². The van der Waals surface area contributed by atoms with Crippen LogP contribution in [0.15, 0.2) is 122 Å². The fourth-order valence-corrected chi connectivity index (χ4v) is 7.37. The molecule has 1 amide bonds. The minimum absolute atomic E-state index is 0.0160. The number of hydrogen-bond donors (Lipinski definition) is 3. The van der Waals surface area contributed by atoms with Crippen molar-refractivity contribution in [3.63, 3.8) is 0 Å². The fraction of sp³-hybridized carbons (Fsp3) is 0.302. The SMILES string of the molecule is CC1C(CN2CCC(O)(c3ccc(Cl)cc3)CC2)OC(c2cccc(-c3cccc(CNC(=O)c4cccnc4)c3)c2)OC1c1ccc(CO)cc1. The molecule has 1 aromatic heterocycles. The van der Waals surface area contributed by atoms with Gasteiger partial charge in [0, 0.05) is 55.1 Å². The quantitative estimate of drug-likeness (QED) is 0.137. The molecule has 3 heterocycles. The van der Waals surface area contributed by atoms with Crippen LogP contribution in [0.2, 0.25) is 5.02 Å². The third-order valence-corrected chi connectivity index (χ3v) is 10.7. The number of aromatic nitrogens is 1. The maximum atomic E-state index is 12.6. The Kier molecular flexibility index (Phi) is 11.1. The average Bonchev–Trinajstić information content (AvgIpc) is 3.19. The van der Waals surface area contributed by atoms with Crippen molar-refractivity contribution in [3.05, 3.63) is 160 Å². The van der Waals surface area contributed by atoms with Crippen LogP contribution in [0.3, 0.4) is 0 Å². The van der Waals surface area contributed by atoms with Crippen LogP contribution < -0.4 is 5.32 Å². The highest BCUT2D eigenvalue weighted by atomic mass is 35.5. The van der Waals surface area contributed by atoms with Gasteiger partial charge in [-0.1, -0.05) is 91.3 Å². The second-order valence-electron chi connectivity index (χ2n) is 13.9. The van der Waals surface area contributed by atoms with E-state index in [1.807, 2.05) is 72.8 Å². The number of amides is 1. The lowest BCUT2D eigenvalue weighted by molar-refractivity contribution is -0.277. The van der Waals surface area contributed by atoms with Crippen LogP contribution in [-0.4, -0.2) is 51.7 Å². The van der Waals surface area contributed by atoms with Gasteiger partial charge in [-0.25, -0.2) is 0 Å². The molecule has 0 saturated carbocycles. The van der Waals surface area contributed by atoms with Crippen molar-refractivity contribution in [2.75, 3.05) is 19.6 Å². The summed E-state index contributed by atoms with van der Waals surface area (Å²) in [6.45, 7) is 4.73. The number of nitrogens with zero attached hydrogens (tertiary/aromatic N) is 2. The molecule has 268 valence electrons. The van der Waals surface area contributed by atoms with E-state index in [9.17, 15) is 15.0 Å². The Labute approximate surface area is 310 Å². The van der Waals surface area contributed by atoms with Gasteiger partial charge < -0.3 is 29.9 Å². The number of aliphatic hydroxyl groups is 2. The lowest BCUT2D eigenvalue weighted by atomic mass is 9.84. The van der Waals surface area contributed by atoms with Crippen LogP contribution in [0.1, 0.15) is 70.3 Å². The summed E-state index contributed by atoms with van der Waals surface area (Å²) in [6.07, 6.45) is 3.46. The van der Waals surface area contributed by atoms with Crippen LogP contribution in [0, 0.1) is 5.92 Å². The predicted molar refractivity (Wildman–Crippen MR) is 201 cm³/mol. The highest BCUT2D eigenvalue weighted by molar-refractivity contribution is 6.30. The molecule has 4 aromatic carbocycles. The van der Waals surface area contributed by atoms with E-state index >= 15 is 0 Å². The highest BCUT2D eigenvalue weighted by Crippen LogP contribution is 2.43. The fourth-order valence-electron chi connectivity index (χ4n) is 7.24. The van der Waals surface area contributed by atoms with E-state index in [4.69, 9.17) is 21.1 Å². The zero-order chi connectivity index (χ0) is 36.1. The second kappa shape index (κ2) is 16.1. The monoisotopic (exact) mass is 717 g/mol. The molecular formula is C43H44ClN3O5. The normalized spacial score (nSPS) is 21.8. The maximum absolute atomic E-state index is 12.6. The molecule has 0 bridgehead atoms. The van der Waals surface area contributed by atoms with E-state index in [1.165, 1.54) is 0 Å². The molecule has 8 nitrogen and oxygen atoms in total.